The lowest BCUT2D eigenvalue weighted by molar-refractivity contribution is -0.0769. The highest BCUT2D eigenvalue weighted by Crippen LogP contribution is 2.43. The van der Waals surface area contributed by atoms with Crippen LogP contribution in [0.2, 0.25) is 0 Å². The second-order valence-electron chi connectivity index (χ2n) is 7.39. The summed E-state index contributed by atoms with van der Waals surface area (Å²) in [6.45, 7) is 11.3. The van der Waals surface area contributed by atoms with Crippen LogP contribution in [0, 0.1) is 12.8 Å². The SMILES string of the molecule is Cc1cccc(OCCC(N)C2CC(C)(C)OC2(C)C)c1. The van der Waals surface area contributed by atoms with Gasteiger partial charge >= 0.3 is 0 Å². The second kappa shape index (κ2) is 5.98. The minimum Gasteiger partial charge on any atom is -0.494 e. The molecule has 2 atom stereocenters. The van der Waals surface area contributed by atoms with Gasteiger partial charge in [-0.25, -0.2) is 0 Å². The van der Waals surface area contributed by atoms with Crippen molar-refractivity contribution < 1.29 is 9.47 Å². The Morgan fingerprint density at radius 2 is 2.05 bits per heavy atom. The van der Waals surface area contributed by atoms with E-state index in [1.54, 1.807) is 0 Å². The largest absolute Gasteiger partial charge is 0.494 e. The highest BCUT2D eigenvalue weighted by molar-refractivity contribution is 5.27. The molecule has 2 unspecified atom stereocenters. The normalized spacial score (nSPS) is 24.8. The second-order valence-corrected chi connectivity index (χ2v) is 7.39. The third-order valence-electron chi connectivity index (χ3n) is 4.37. The third-order valence-corrected chi connectivity index (χ3v) is 4.37. The maximum absolute atomic E-state index is 6.41. The number of hydrogen-bond acceptors (Lipinski definition) is 3. The molecular weight excluding hydrogens is 262 g/mol. The average molecular weight is 291 g/mol. The smallest absolute Gasteiger partial charge is 0.119 e. The molecule has 0 radical (unpaired) electrons. The van der Waals surface area contributed by atoms with Gasteiger partial charge in [0.15, 0.2) is 0 Å². The highest BCUT2D eigenvalue weighted by atomic mass is 16.5. The molecule has 3 heteroatoms. The van der Waals surface area contributed by atoms with Crippen LogP contribution in [-0.4, -0.2) is 23.9 Å². The Balaban J connectivity index is 1.86. The highest BCUT2D eigenvalue weighted by Gasteiger charge is 2.47. The molecule has 1 saturated heterocycles. The Morgan fingerprint density at radius 3 is 2.62 bits per heavy atom. The van der Waals surface area contributed by atoms with Gasteiger partial charge in [0.2, 0.25) is 0 Å². The van der Waals surface area contributed by atoms with E-state index in [9.17, 15) is 0 Å². The fraction of sp³-hybridized carbons (Fsp3) is 0.667. The zero-order chi connectivity index (χ0) is 15.7. The number of rotatable bonds is 5. The summed E-state index contributed by atoms with van der Waals surface area (Å²) >= 11 is 0. The first-order valence-corrected chi connectivity index (χ1v) is 7.85. The summed E-state index contributed by atoms with van der Waals surface area (Å²) in [6.07, 6.45) is 1.85. The number of ether oxygens (including phenoxy) is 2. The first-order valence-electron chi connectivity index (χ1n) is 7.85. The summed E-state index contributed by atoms with van der Waals surface area (Å²) in [5.41, 5.74) is 7.38. The predicted molar refractivity (Wildman–Crippen MR) is 86.6 cm³/mol. The van der Waals surface area contributed by atoms with Crippen molar-refractivity contribution in [2.24, 2.45) is 11.7 Å². The van der Waals surface area contributed by atoms with Crippen molar-refractivity contribution in [1.82, 2.24) is 0 Å². The standard InChI is InChI=1S/C18H29NO2/c1-13-7-6-8-14(11-13)20-10-9-16(19)15-12-17(2,3)21-18(15,4)5/h6-8,11,15-16H,9-10,12,19H2,1-5H3. The molecule has 1 aliphatic rings. The molecule has 0 aromatic heterocycles. The summed E-state index contributed by atoms with van der Waals surface area (Å²) in [6, 6.07) is 8.23. The molecule has 1 aromatic carbocycles. The van der Waals surface area contributed by atoms with E-state index in [4.69, 9.17) is 15.2 Å². The molecule has 3 nitrogen and oxygen atoms in total. The summed E-state index contributed by atoms with van der Waals surface area (Å²) in [4.78, 5) is 0. The van der Waals surface area contributed by atoms with Gasteiger partial charge in [-0.1, -0.05) is 12.1 Å². The van der Waals surface area contributed by atoms with Crippen LogP contribution in [0.25, 0.3) is 0 Å². The fourth-order valence-corrected chi connectivity index (χ4v) is 3.49. The van der Waals surface area contributed by atoms with Crippen LogP contribution in [0.3, 0.4) is 0 Å². The molecule has 1 fully saturated rings. The zero-order valence-corrected chi connectivity index (χ0v) is 14.0. The molecule has 21 heavy (non-hydrogen) atoms. The van der Waals surface area contributed by atoms with Crippen molar-refractivity contribution in [2.45, 2.75) is 64.7 Å². The van der Waals surface area contributed by atoms with E-state index >= 15 is 0 Å². The van der Waals surface area contributed by atoms with Crippen molar-refractivity contribution in [3.63, 3.8) is 0 Å². The Kier molecular flexibility index (Phi) is 4.64. The van der Waals surface area contributed by atoms with E-state index in [0.717, 1.165) is 18.6 Å². The van der Waals surface area contributed by atoms with Gasteiger partial charge in [-0.2, -0.15) is 0 Å². The lowest BCUT2D eigenvalue weighted by Crippen LogP contribution is -2.41. The number of aryl methyl sites for hydroxylation is 1. The predicted octanol–water partition coefficient (Wildman–Crippen LogP) is 3.68. The zero-order valence-electron chi connectivity index (χ0n) is 14.0. The average Bonchev–Trinajstić information content (AvgIpc) is 2.57. The van der Waals surface area contributed by atoms with Crippen molar-refractivity contribution in [2.75, 3.05) is 6.61 Å². The molecule has 2 rings (SSSR count). The van der Waals surface area contributed by atoms with Gasteiger partial charge in [0, 0.05) is 12.0 Å². The van der Waals surface area contributed by atoms with Crippen molar-refractivity contribution in [1.29, 1.82) is 0 Å². The Labute approximate surface area is 128 Å². The molecule has 2 N–H and O–H groups in total. The first kappa shape index (κ1) is 16.3. The van der Waals surface area contributed by atoms with Gasteiger partial charge in [0.25, 0.3) is 0 Å². The number of benzene rings is 1. The van der Waals surface area contributed by atoms with Crippen LogP contribution in [0.15, 0.2) is 24.3 Å². The van der Waals surface area contributed by atoms with E-state index in [-0.39, 0.29) is 17.2 Å². The summed E-state index contributed by atoms with van der Waals surface area (Å²) in [5.74, 6) is 1.29. The summed E-state index contributed by atoms with van der Waals surface area (Å²) in [5, 5.41) is 0. The topological polar surface area (TPSA) is 44.5 Å². The Morgan fingerprint density at radius 1 is 1.33 bits per heavy atom. The van der Waals surface area contributed by atoms with Gasteiger partial charge < -0.3 is 15.2 Å². The minimum absolute atomic E-state index is 0.0802. The Hall–Kier alpha value is -1.06. The van der Waals surface area contributed by atoms with Crippen LogP contribution in [0.4, 0.5) is 0 Å². The van der Waals surface area contributed by atoms with Gasteiger partial charge in [0.05, 0.1) is 17.8 Å². The molecular formula is C18H29NO2. The van der Waals surface area contributed by atoms with Gasteiger partial charge in [-0.05, 0) is 65.2 Å². The van der Waals surface area contributed by atoms with Crippen LogP contribution in [0.5, 0.6) is 5.75 Å². The van der Waals surface area contributed by atoms with E-state index in [0.29, 0.717) is 12.5 Å². The maximum atomic E-state index is 6.41. The van der Waals surface area contributed by atoms with E-state index in [2.05, 4.69) is 46.8 Å². The van der Waals surface area contributed by atoms with Crippen LogP contribution in [-0.2, 0) is 4.74 Å². The van der Waals surface area contributed by atoms with Crippen LogP contribution >= 0.6 is 0 Å². The molecule has 1 heterocycles. The lowest BCUT2D eigenvalue weighted by Gasteiger charge is -2.31. The molecule has 0 saturated carbocycles. The van der Waals surface area contributed by atoms with E-state index < -0.39 is 0 Å². The number of hydrogen-bond donors (Lipinski definition) is 1. The fourth-order valence-electron chi connectivity index (χ4n) is 3.49. The molecule has 0 aliphatic carbocycles. The lowest BCUT2D eigenvalue weighted by atomic mass is 9.81. The van der Waals surface area contributed by atoms with E-state index in [1.807, 2.05) is 12.1 Å². The Bertz CT molecular complexity index is 482. The van der Waals surface area contributed by atoms with Crippen LogP contribution < -0.4 is 10.5 Å². The maximum Gasteiger partial charge on any atom is 0.119 e. The molecule has 0 bridgehead atoms. The summed E-state index contributed by atoms with van der Waals surface area (Å²) in [7, 11) is 0. The summed E-state index contributed by atoms with van der Waals surface area (Å²) < 4.78 is 11.9. The molecule has 0 amide bonds. The minimum atomic E-state index is -0.160. The quantitative estimate of drug-likeness (QED) is 0.900. The monoisotopic (exact) mass is 291 g/mol. The molecule has 1 aromatic rings. The van der Waals surface area contributed by atoms with Gasteiger partial charge in [-0.15, -0.1) is 0 Å². The van der Waals surface area contributed by atoms with Gasteiger partial charge in [-0.3, -0.25) is 0 Å². The molecule has 118 valence electrons. The third kappa shape index (κ3) is 4.21. The van der Waals surface area contributed by atoms with Crippen molar-refractivity contribution in [3.8, 4) is 5.75 Å². The van der Waals surface area contributed by atoms with E-state index in [1.165, 1.54) is 5.56 Å². The van der Waals surface area contributed by atoms with Crippen LogP contribution in [0.1, 0.15) is 46.1 Å². The molecule has 0 spiro atoms. The van der Waals surface area contributed by atoms with Crippen molar-refractivity contribution in [3.05, 3.63) is 29.8 Å². The molecule has 1 aliphatic heterocycles. The number of nitrogens with two attached hydrogens (primary N) is 1. The van der Waals surface area contributed by atoms with Crippen molar-refractivity contribution >= 4 is 0 Å². The first-order chi connectivity index (χ1) is 9.70. The van der Waals surface area contributed by atoms with Gasteiger partial charge in [0.1, 0.15) is 5.75 Å².